The third-order valence-corrected chi connectivity index (χ3v) is 0.287. The summed E-state index contributed by atoms with van der Waals surface area (Å²) in [5.74, 6) is 0. The summed E-state index contributed by atoms with van der Waals surface area (Å²) in [7, 11) is 0. The molecule has 0 aliphatic carbocycles. The number of primary amides is 2. The van der Waals surface area contributed by atoms with Crippen molar-refractivity contribution in [2.75, 3.05) is 6.61 Å². The molecule has 10 heavy (non-hydrogen) atoms. The Hall–Kier alpha value is -0.910. The van der Waals surface area contributed by atoms with Crippen molar-refractivity contribution in [1.82, 2.24) is 0 Å². The Morgan fingerprint density at radius 3 is 1.80 bits per heavy atom. The van der Waals surface area contributed by atoms with Crippen molar-refractivity contribution in [2.24, 2.45) is 11.5 Å². The molecule has 0 saturated carbocycles. The number of amides is 2. The van der Waals surface area contributed by atoms with E-state index in [1.807, 2.05) is 0 Å². The molecule has 0 unspecified atom stereocenters. The number of rotatable bonds is 1. The van der Waals surface area contributed by atoms with Crippen LogP contribution in [0.3, 0.4) is 0 Å². The first-order valence-corrected chi connectivity index (χ1v) is 2.86. The number of hydrogen-bond acceptors (Lipinski definition) is 3. The van der Waals surface area contributed by atoms with E-state index in [1.165, 1.54) is 0 Å². The van der Waals surface area contributed by atoms with Crippen molar-refractivity contribution < 1.29 is 14.3 Å². The van der Waals surface area contributed by atoms with Gasteiger partial charge >= 0.3 is 6.09 Å². The lowest BCUT2D eigenvalue weighted by atomic mass is 10.9. The van der Waals surface area contributed by atoms with Gasteiger partial charge in [0.05, 0.1) is 6.61 Å². The van der Waals surface area contributed by atoms with Gasteiger partial charge in [0.25, 0.3) is 5.24 Å². The molecule has 0 aromatic rings. The molecule has 0 bridgehead atoms. The van der Waals surface area contributed by atoms with Crippen molar-refractivity contribution >= 4 is 24.0 Å². The number of ether oxygens (including phenoxy) is 1. The smallest absolute Gasteiger partial charge is 0.404 e. The summed E-state index contributed by atoms with van der Waals surface area (Å²) >= 11 is 3.10. The first-order chi connectivity index (χ1) is 4.50. The second-order valence-corrected chi connectivity index (χ2v) is 1.53. The van der Waals surface area contributed by atoms with Crippen LogP contribution in [0.4, 0.5) is 9.59 Å². The fourth-order valence-corrected chi connectivity index (χ4v) is 0.142. The number of carbonyl (C=O) groups excluding carboxylic acids is 2. The molecule has 0 spiro atoms. The van der Waals surface area contributed by atoms with Gasteiger partial charge in [-0.3, -0.25) is 4.79 Å². The average Bonchev–Trinajstić information content (AvgIpc) is 1.62. The van der Waals surface area contributed by atoms with Crippen LogP contribution in [0.5, 0.6) is 0 Å². The van der Waals surface area contributed by atoms with E-state index in [4.69, 9.17) is 4.79 Å². The second kappa shape index (κ2) is 8.09. The van der Waals surface area contributed by atoms with Gasteiger partial charge in [0.2, 0.25) is 0 Å². The van der Waals surface area contributed by atoms with Gasteiger partial charge in [-0.1, -0.05) is 12.6 Å². The van der Waals surface area contributed by atoms with Crippen LogP contribution in [0, 0.1) is 0 Å². The van der Waals surface area contributed by atoms with Crippen LogP contribution in [0.15, 0.2) is 0 Å². The molecule has 2 amide bonds. The molecule has 6 heteroatoms. The minimum absolute atomic E-state index is 0.356. The van der Waals surface area contributed by atoms with E-state index in [1.54, 1.807) is 6.92 Å². The number of nitrogens with two attached hydrogens (primary N) is 2. The van der Waals surface area contributed by atoms with Gasteiger partial charge < -0.3 is 16.2 Å². The summed E-state index contributed by atoms with van der Waals surface area (Å²) in [6, 6.07) is 0. The van der Waals surface area contributed by atoms with Crippen LogP contribution < -0.4 is 11.5 Å². The Bertz CT molecular complexity index is 113. The molecule has 0 aliphatic rings. The van der Waals surface area contributed by atoms with Crippen LogP contribution in [0.2, 0.25) is 0 Å². The summed E-state index contributed by atoms with van der Waals surface area (Å²) in [4.78, 5) is 18.7. The zero-order valence-electron chi connectivity index (χ0n) is 5.53. The molecule has 0 heterocycles. The van der Waals surface area contributed by atoms with Crippen LogP contribution in [-0.2, 0) is 4.74 Å². The first-order valence-electron chi connectivity index (χ1n) is 2.41. The van der Waals surface area contributed by atoms with Gasteiger partial charge in [-0.2, -0.15) is 0 Å². The third-order valence-electron chi connectivity index (χ3n) is 0.287. The standard InChI is InChI=1S/C3H7NO2.CH3NOS/c1-2-6-3(4)5;2-1(3)4/h2H2,1H3,(H2,4,5);(H3,2,3,4). The number of carbonyl (C=O) groups is 2. The average molecular weight is 166 g/mol. The Morgan fingerprint density at radius 1 is 1.50 bits per heavy atom. The Kier molecular flexibility index (Phi) is 9.57. The zero-order chi connectivity index (χ0) is 8.57. The lowest BCUT2D eigenvalue weighted by Gasteiger charge is -1.89. The minimum atomic E-state index is -0.711. The van der Waals surface area contributed by atoms with E-state index >= 15 is 0 Å². The Labute approximate surface area is 64.1 Å². The van der Waals surface area contributed by atoms with Crippen molar-refractivity contribution in [3.8, 4) is 0 Å². The van der Waals surface area contributed by atoms with Gasteiger partial charge in [0, 0.05) is 0 Å². The van der Waals surface area contributed by atoms with E-state index in [0.29, 0.717) is 6.61 Å². The van der Waals surface area contributed by atoms with Crippen LogP contribution >= 0.6 is 12.6 Å². The first kappa shape index (κ1) is 11.8. The predicted molar refractivity (Wildman–Crippen MR) is 39.8 cm³/mol. The van der Waals surface area contributed by atoms with E-state index < -0.39 is 11.3 Å². The monoisotopic (exact) mass is 166 g/mol. The van der Waals surface area contributed by atoms with E-state index in [2.05, 4.69) is 28.8 Å². The van der Waals surface area contributed by atoms with E-state index in [9.17, 15) is 4.79 Å². The van der Waals surface area contributed by atoms with Crippen molar-refractivity contribution in [3.63, 3.8) is 0 Å². The molecule has 0 fully saturated rings. The molecule has 0 rings (SSSR count). The third kappa shape index (κ3) is 60.2. The van der Waals surface area contributed by atoms with Crippen molar-refractivity contribution in [1.29, 1.82) is 0 Å². The highest BCUT2D eigenvalue weighted by Gasteiger charge is 1.82. The van der Waals surface area contributed by atoms with Crippen molar-refractivity contribution in [3.05, 3.63) is 0 Å². The number of thiol groups is 1. The molecular weight excluding hydrogens is 156 g/mol. The normalized spacial score (nSPS) is 7.00. The molecule has 5 nitrogen and oxygen atoms in total. The Morgan fingerprint density at radius 2 is 1.80 bits per heavy atom. The van der Waals surface area contributed by atoms with Crippen LogP contribution in [-0.4, -0.2) is 17.9 Å². The lowest BCUT2D eigenvalue weighted by Crippen LogP contribution is -2.11. The summed E-state index contributed by atoms with van der Waals surface area (Å²) in [6.45, 7) is 2.06. The SMILES string of the molecule is CCOC(N)=O.NC(=O)S. The Balaban J connectivity index is 0. The van der Waals surface area contributed by atoms with E-state index in [-0.39, 0.29) is 0 Å². The minimum Gasteiger partial charge on any atom is -0.450 e. The van der Waals surface area contributed by atoms with Gasteiger partial charge in [-0.15, -0.1) is 0 Å². The lowest BCUT2D eigenvalue weighted by molar-refractivity contribution is 0.163. The molecule has 0 aliphatic heterocycles. The maximum absolute atomic E-state index is 9.60. The molecule has 60 valence electrons. The van der Waals surface area contributed by atoms with Crippen LogP contribution in [0.25, 0.3) is 0 Å². The fraction of sp³-hybridized carbons (Fsp3) is 0.500. The molecular formula is C4H10N2O3S. The topological polar surface area (TPSA) is 95.4 Å². The molecule has 0 aromatic heterocycles. The molecule has 4 N–H and O–H groups in total. The summed E-state index contributed by atoms with van der Waals surface area (Å²) in [6.07, 6.45) is -0.711. The van der Waals surface area contributed by atoms with Gasteiger partial charge in [0.1, 0.15) is 0 Å². The van der Waals surface area contributed by atoms with E-state index in [0.717, 1.165) is 0 Å². The molecule has 0 atom stereocenters. The quantitative estimate of drug-likeness (QED) is 0.482. The van der Waals surface area contributed by atoms with Crippen molar-refractivity contribution in [2.45, 2.75) is 6.92 Å². The highest BCUT2D eigenvalue weighted by atomic mass is 32.1. The predicted octanol–water partition coefficient (Wildman–Crippen LogP) is 0.0965. The van der Waals surface area contributed by atoms with Gasteiger partial charge in [-0.25, -0.2) is 4.79 Å². The largest absolute Gasteiger partial charge is 0.450 e. The summed E-state index contributed by atoms with van der Waals surface area (Å²) < 4.78 is 4.18. The maximum atomic E-state index is 9.60. The second-order valence-electron chi connectivity index (χ2n) is 1.09. The van der Waals surface area contributed by atoms with Crippen LogP contribution in [0.1, 0.15) is 6.92 Å². The molecule has 0 aromatic carbocycles. The highest BCUT2D eigenvalue weighted by molar-refractivity contribution is 7.96. The molecule has 0 radical (unpaired) electrons. The maximum Gasteiger partial charge on any atom is 0.404 e. The van der Waals surface area contributed by atoms with Gasteiger partial charge in [-0.05, 0) is 6.92 Å². The zero-order valence-corrected chi connectivity index (χ0v) is 6.43. The van der Waals surface area contributed by atoms with Gasteiger partial charge in [0.15, 0.2) is 0 Å². The fourth-order valence-electron chi connectivity index (χ4n) is 0.142. The summed E-state index contributed by atoms with van der Waals surface area (Å²) in [5, 5.41) is -0.639. The summed E-state index contributed by atoms with van der Waals surface area (Å²) in [5.41, 5.74) is 8.88. The number of hydrogen-bond donors (Lipinski definition) is 3. The highest BCUT2D eigenvalue weighted by Crippen LogP contribution is 1.66. The molecule has 0 saturated heterocycles.